The van der Waals surface area contributed by atoms with Gasteiger partial charge in [0.25, 0.3) is 0 Å². The monoisotopic (exact) mass is 305 g/mol. The highest BCUT2D eigenvalue weighted by atomic mass is 19.4. The predicted octanol–water partition coefficient (Wildman–Crippen LogP) is 5.17. The lowest BCUT2D eigenvalue weighted by molar-refractivity contribution is -0.137. The van der Waals surface area contributed by atoms with E-state index in [4.69, 9.17) is 5.73 Å². The summed E-state index contributed by atoms with van der Waals surface area (Å²) in [6, 6.07) is 13.1. The number of nitrogens with two attached hydrogens (primary N) is 1. The molecule has 0 bridgehead atoms. The molecule has 1 atom stereocenters. The number of benzene rings is 2. The lowest BCUT2D eigenvalue weighted by Crippen LogP contribution is -2.26. The van der Waals surface area contributed by atoms with Gasteiger partial charge in [-0.15, -0.1) is 0 Å². The zero-order valence-electron chi connectivity index (χ0n) is 12.1. The highest BCUT2D eigenvalue weighted by Crippen LogP contribution is 2.36. The van der Waals surface area contributed by atoms with Crippen molar-refractivity contribution in [1.82, 2.24) is 0 Å². The van der Waals surface area contributed by atoms with Crippen molar-refractivity contribution in [2.75, 3.05) is 0 Å². The predicted molar refractivity (Wildman–Crippen MR) is 81.1 cm³/mol. The lowest BCUT2D eigenvalue weighted by Gasteiger charge is -2.31. The van der Waals surface area contributed by atoms with Crippen LogP contribution in [0.25, 0.3) is 11.1 Å². The summed E-state index contributed by atoms with van der Waals surface area (Å²) in [6.45, 7) is 0. The molecular formula is C18H18F3N. The zero-order valence-corrected chi connectivity index (χ0v) is 12.1. The molecule has 1 aliphatic carbocycles. The van der Waals surface area contributed by atoms with E-state index in [-0.39, 0.29) is 6.04 Å². The maximum atomic E-state index is 12.6. The number of hydrogen-bond donors (Lipinski definition) is 1. The molecule has 0 saturated heterocycles. The van der Waals surface area contributed by atoms with Crippen LogP contribution >= 0.6 is 0 Å². The van der Waals surface area contributed by atoms with Gasteiger partial charge in [-0.25, -0.2) is 0 Å². The van der Waals surface area contributed by atoms with Gasteiger partial charge < -0.3 is 5.73 Å². The van der Waals surface area contributed by atoms with Gasteiger partial charge in [0.1, 0.15) is 0 Å². The molecule has 1 fully saturated rings. The van der Waals surface area contributed by atoms with Crippen molar-refractivity contribution in [2.45, 2.75) is 31.5 Å². The third kappa shape index (κ3) is 3.02. The molecule has 4 heteroatoms. The van der Waals surface area contributed by atoms with Crippen LogP contribution in [-0.4, -0.2) is 0 Å². The van der Waals surface area contributed by atoms with E-state index < -0.39 is 11.7 Å². The molecule has 0 spiro atoms. The molecule has 0 radical (unpaired) electrons. The van der Waals surface area contributed by atoms with Crippen molar-refractivity contribution in [1.29, 1.82) is 0 Å². The van der Waals surface area contributed by atoms with Crippen molar-refractivity contribution in [3.8, 4) is 11.1 Å². The number of rotatable bonds is 3. The Kier molecular flexibility index (Phi) is 3.96. The second kappa shape index (κ2) is 5.76. The Morgan fingerprint density at radius 3 is 1.77 bits per heavy atom. The van der Waals surface area contributed by atoms with Gasteiger partial charge in [0.05, 0.1) is 5.56 Å². The van der Waals surface area contributed by atoms with Crippen LogP contribution in [0, 0.1) is 5.92 Å². The molecule has 3 rings (SSSR count). The van der Waals surface area contributed by atoms with Crippen LogP contribution in [-0.2, 0) is 6.18 Å². The molecule has 2 aromatic rings. The molecular weight excluding hydrogens is 287 g/mol. The second-order valence-electron chi connectivity index (χ2n) is 5.91. The summed E-state index contributed by atoms with van der Waals surface area (Å²) >= 11 is 0. The highest BCUT2D eigenvalue weighted by molar-refractivity contribution is 5.64. The molecule has 116 valence electrons. The van der Waals surface area contributed by atoms with Crippen LogP contribution in [0.2, 0.25) is 0 Å². The average Bonchev–Trinajstić information content (AvgIpc) is 2.45. The summed E-state index contributed by atoms with van der Waals surface area (Å²) < 4.78 is 37.7. The van der Waals surface area contributed by atoms with Gasteiger partial charge in [-0.05, 0) is 47.6 Å². The van der Waals surface area contributed by atoms with Gasteiger partial charge >= 0.3 is 6.18 Å². The SMILES string of the molecule is N[C@H](c1ccc(-c2ccc(C(F)(F)F)cc2)cc1)C1CCC1. The summed E-state index contributed by atoms with van der Waals surface area (Å²) in [5, 5.41) is 0. The van der Waals surface area contributed by atoms with Crippen molar-refractivity contribution in [2.24, 2.45) is 11.7 Å². The minimum Gasteiger partial charge on any atom is -0.324 e. The average molecular weight is 305 g/mol. The van der Waals surface area contributed by atoms with Crippen molar-refractivity contribution in [3.05, 3.63) is 59.7 Å². The molecule has 0 heterocycles. The molecule has 2 N–H and O–H groups in total. The molecule has 1 nitrogen and oxygen atoms in total. The van der Waals surface area contributed by atoms with E-state index in [1.807, 2.05) is 24.3 Å². The first-order valence-electron chi connectivity index (χ1n) is 7.48. The first-order chi connectivity index (χ1) is 10.4. The molecule has 22 heavy (non-hydrogen) atoms. The summed E-state index contributed by atoms with van der Waals surface area (Å²) in [5.41, 5.74) is 8.38. The van der Waals surface area contributed by atoms with E-state index in [1.165, 1.54) is 31.4 Å². The molecule has 0 amide bonds. The van der Waals surface area contributed by atoms with Gasteiger partial charge in [-0.3, -0.25) is 0 Å². The van der Waals surface area contributed by atoms with Gasteiger partial charge in [0.15, 0.2) is 0 Å². The fraction of sp³-hybridized carbons (Fsp3) is 0.333. The second-order valence-corrected chi connectivity index (χ2v) is 5.91. The van der Waals surface area contributed by atoms with Crippen LogP contribution in [0.5, 0.6) is 0 Å². The van der Waals surface area contributed by atoms with Crippen LogP contribution in [0.3, 0.4) is 0 Å². The van der Waals surface area contributed by atoms with Crippen LogP contribution in [0.4, 0.5) is 13.2 Å². The van der Waals surface area contributed by atoms with Crippen molar-refractivity contribution >= 4 is 0 Å². The minimum absolute atomic E-state index is 0.0652. The van der Waals surface area contributed by atoms with E-state index in [0.29, 0.717) is 5.92 Å². The molecule has 0 unspecified atom stereocenters. The molecule has 0 aromatic heterocycles. The quantitative estimate of drug-likeness (QED) is 0.831. The fourth-order valence-electron chi connectivity index (χ4n) is 2.82. The Bertz CT molecular complexity index is 625. The van der Waals surface area contributed by atoms with Crippen molar-refractivity contribution in [3.63, 3.8) is 0 Å². The molecule has 1 saturated carbocycles. The number of alkyl halides is 3. The Labute approximate surface area is 128 Å². The lowest BCUT2D eigenvalue weighted by atomic mass is 9.77. The summed E-state index contributed by atoms with van der Waals surface area (Å²) in [7, 11) is 0. The van der Waals surface area contributed by atoms with E-state index in [0.717, 1.165) is 28.8 Å². The van der Waals surface area contributed by atoms with E-state index in [9.17, 15) is 13.2 Å². The Morgan fingerprint density at radius 1 is 0.864 bits per heavy atom. The smallest absolute Gasteiger partial charge is 0.324 e. The molecule has 2 aromatic carbocycles. The number of halogens is 3. The topological polar surface area (TPSA) is 26.0 Å². The molecule has 0 aliphatic heterocycles. The van der Waals surface area contributed by atoms with Crippen LogP contribution < -0.4 is 5.73 Å². The fourth-order valence-corrected chi connectivity index (χ4v) is 2.82. The van der Waals surface area contributed by atoms with Crippen LogP contribution in [0.15, 0.2) is 48.5 Å². The molecule has 1 aliphatic rings. The maximum Gasteiger partial charge on any atom is 0.416 e. The Morgan fingerprint density at radius 2 is 1.36 bits per heavy atom. The maximum absolute atomic E-state index is 12.6. The van der Waals surface area contributed by atoms with Gasteiger partial charge in [0, 0.05) is 6.04 Å². The normalized spacial score (nSPS) is 17.1. The van der Waals surface area contributed by atoms with E-state index in [2.05, 4.69) is 0 Å². The van der Waals surface area contributed by atoms with E-state index >= 15 is 0 Å². The Balaban J connectivity index is 1.77. The Hall–Kier alpha value is -1.81. The first-order valence-corrected chi connectivity index (χ1v) is 7.48. The summed E-state index contributed by atoms with van der Waals surface area (Å²) in [4.78, 5) is 0. The van der Waals surface area contributed by atoms with E-state index in [1.54, 1.807) is 0 Å². The zero-order chi connectivity index (χ0) is 15.7. The standard InChI is InChI=1S/C18H18F3N/c19-18(20,21)16-10-8-13(9-11-16)12-4-6-15(7-5-12)17(22)14-2-1-3-14/h4-11,14,17H,1-3,22H2/t17-/m0/s1. The third-order valence-corrected chi connectivity index (χ3v) is 4.50. The summed E-state index contributed by atoms with van der Waals surface area (Å²) in [6.07, 6.45) is -0.677. The van der Waals surface area contributed by atoms with Gasteiger partial charge in [-0.2, -0.15) is 13.2 Å². The first kappa shape index (κ1) is 15.1. The highest BCUT2D eigenvalue weighted by Gasteiger charge is 2.30. The summed E-state index contributed by atoms with van der Waals surface area (Å²) in [5.74, 6) is 0.567. The third-order valence-electron chi connectivity index (χ3n) is 4.50. The minimum atomic E-state index is -4.29. The number of hydrogen-bond acceptors (Lipinski definition) is 1. The van der Waals surface area contributed by atoms with Crippen molar-refractivity contribution < 1.29 is 13.2 Å². The largest absolute Gasteiger partial charge is 0.416 e. The van der Waals surface area contributed by atoms with Gasteiger partial charge in [0.2, 0.25) is 0 Å². The van der Waals surface area contributed by atoms with Gasteiger partial charge in [-0.1, -0.05) is 42.8 Å². The van der Waals surface area contributed by atoms with Crippen LogP contribution in [0.1, 0.15) is 36.4 Å².